The van der Waals surface area contributed by atoms with Crippen molar-refractivity contribution in [2.75, 3.05) is 11.4 Å². The number of para-hydroxylation sites is 2. The molecule has 0 spiro atoms. The number of aromatic nitrogens is 1. The van der Waals surface area contributed by atoms with Crippen molar-refractivity contribution >= 4 is 11.3 Å². The van der Waals surface area contributed by atoms with E-state index in [4.69, 9.17) is 0 Å². The second-order valence-electron chi connectivity index (χ2n) is 8.52. The Morgan fingerprint density at radius 1 is 0.933 bits per heavy atom. The van der Waals surface area contributed by atoms with Gasteiger partial charge in [-0.1, -0.05) is 57.2 Å². The third kappa shape index (κ3) is 3.90. The summed E-state index contributed by atoms with van der Waals surface area (Å²) in [4.78, 5) is 2.30. The number of rotatable bonds is 3. The van der Waals surface area contributed by atoms with Gasteiger partial charge in [0.2, 0.25) is 5.69 Å². The molecule has 0 aliphatic carbocycles. The topological polar surface area (TPSA) is 30.9 Å². The molecular formula is C27H26N3+. The van der Waals surface area contributed by atoms with E-state index in [1.54, 1.807) is 0 Å². The molecule has 2 aromatic carbocycles. The molecule has 0 saturated carbocycles. The summed E-state index contributed by atoms with van der Waals surface area (Å²) in [6.07, 6.45) is 10.6. The van der Waals surface area contributed by atoms with E-state index in [2.05, 4.69) is 86.5 Å². The molecule has 0 atom stereocenters. The molecular weight excluding hydrogens is 366 g/mol. The molecule has 0 N–H and O–H groups in total. The standard InChI is InChI=1S/C27H26N3/c1-27(2,3)24-9-5-7-11-26(24)30-18-14-22(15-19-30)21-12-16-29(17-13-21)25-10-6-4-8-23(25)20-28/h4-18H,19H2,1-3H3/q+1. The van der Waals surface area contributed by atoms with Crippen molar-refractivity contribution in [2.45, 2.75) is 26.2 Å². The number of anilines is 1. The maximum Gasteiger partial charge on any atom is 0.228 e. The maximum absolute atomic E-state index is 9.34. The minimum absolute atomic E-state index is 0.0984. The van der Waals surface area contributed by atoms with Crippen LogP contribution in [0.15, 0.2) is 91.4 Å². The molecule has 0 amide bonds. The predicted octanol–water partition coefficient (Wildman–Crippen LogP) is 5.55. The lowest BCUT2D eigenvalue weighted by atomic mass is 9.85. The highest BCUT2D eigenvalue weighted by atomic mass is 15.1. The SMILES string of the molecule is CC(C)(C)c1ccccc1N1C=CC(c2cc[n+](-c3ccccc3C#N)cc2)=CC1. The quantitative estimate of drug-likeness (QED) is 0.547. The maximum atomic E-state index is 9.34. The second-order valence-corrected chi connectivity index (χ2v) is 8.52. The van der Waals surface area contributed by atoms with Crippen LogP contribution in [-0.4, -0.2) is 6.54 Å². The summed E-state index contributed by atoms with van der Waals surface area (Å²) in [5.74, 6) is 0. The molecule has 1 aliphatic heterocycles. The van der Waals surface area contributed by atoms with E-state index in [0.29, 0.717) is 5.56 Å². The molecule has 3 nitrogen and oxygen atoms in total. The van der Waals surface area contributed by atoms with Crippen molar-refractivity contribution in [3.8, 4) is 11.8 Å². The predicted molar refractivity (Wildman–Crippen MR) is 122 cm³/mol. The number of pyridine rings is 1. The summed E-state index contributed by atoms with van der Waals surface area (Å²) < 4.78 is 1.99. The van der Waals surface area contributed by atoms with Crippen LogP contribution in [0, 0.1) is 11.3 Å². The lowest BCUT2D eigenvalue weighted by Crippen LogP contribution is -2.30. The fraction of sp³-hybridized carbons (Fsp3) is 0.185. The average molecular weight is 393 g/mol. The molecule has 0 bridgehead atoms. The van der Waals surface area contributed by atoms with E-state index in [9.17, 15) is 5.26 Å². The van der Waals surface area contributed by atoms with Gasteiger partial charge in [-0.05, 0) is 40.3 Å². The fourth-order valence-corrected chi connectivity index (χ4v) is 3.82. The summed E-state index contributed by atoms with van der Waals surface area (Å²) in [5, 5.41) is 9.34. The Bertz CT molecular complexity index is 1160. The molecule has 3 aromatic rings. The molecule has 0 unspecified atom stereocenters. The molecule has 4 rings (SSSR count). The third-order valence-corrected chi connectivity index (χ3v) is 5.43. The van der Waals surface area contributed by atoms with Gasteiger partial charge >= 0.3 is 0 Å². The Morgan fingerprint density at radius 3 is 2.30 bits per heavy atom. The first-order chi connectivity index (χ1) is 14.5. The van der Waals surface area contributed by atoms with Crippen molar-refractivity contribution in [1.82, 2.24) is 0 Å². The van der Waals surface area contributed by atoms with E-state index in [1.807, 2.05) is 41.2 Å². The molecule has 0 radical (unpaired) electrons. The number of nitrogens with zero attached hydrogens (tertiary/aromatic N) is 3. The zero-order valence-electron chi connectivity index (χ0n) is 17.7. The van der Waals surface area contributed by atoms with E-state index in [-0.39, 0.29) is 5.41 Å². The van der Waals surface area contributed by atoms with Crippen LogP contribution in [0.5, 0.6) is 0 Å². The van der Waals surface area contributed by atoms with Crippen LogP contribution in [0.25, 0.3) is 11.3 Å². The molecule has 1 aliphatic rings. The van der Waals surface area contributed by atoms with Crippen LogP contribution in [0.2, 0.25) is 0 Å². The van der Waals surface area contributed by atoms with Crippen LogP contribution in [0.1, 0.15) is 37.5 Å². The van der Waals surface area contributed by atoms with Crippen molar-refractivity contribution in [3.05, 3.63) is 108 Å². The number of benzene rings is 2. The van der Waals surface area contributed by atoms with Gasteiger partial charge in [0.25, 0.3) is 0 Å². The summed E-state index contributed by atoms with van der Waals surface area (Å²) in [5.41, 5.74) is 6.64. The van der Waals surface area contributed by atoms with Crippen molar-refractivity contribution in [1.29, 1.82) is 5.26 Å². The number of nitriles is 1. The minimum Gasteiger partial charge on any atom is -0.344 e. The molecule has 148 valence electrons. The van der Waals surface area contributed by atoms with Gasteiger partial charge in [-0.2, -0.15) is 9.83 Å². The van der Waals surface area contributed by atoms with Gasteiger partial charge in [-0.25, -0.2) is 0 Å². The molecule has 30 heavy (non-hydrogen) atoms. The zero-order valence-corrected chi connectivity index (χ0v) is 17.7. The van der Waals surface area contributed by atoms with Gasteiger partial charge in [-0.3, -0.25) is 0 Å². The molecule has 3 heteroatoms. The van der Waals surface area contributed by atoms with Gasteiger partial charge in [0.05, 0.1) is 0 Å². The van der Waals surface area contributed by atoms with Crippen LogP contribution < -0.4 is 9.47 Å². The van der Waals surface area contributed by atoms with E-state index in [0.717, 1.165) is 12.2 Å². The van der Waals surface area contributed by atoms with Gasteiger partial charge < -0.3 is 4.90 Å². The second kappa shape index (κ2) is 8.00. The first-order valence-corrected chi connectivity index (χ1v) is 10.2. The zero-order chi connectivity index (χ0) is 21.1. The first kappa shape index (κ1) is 19.7. The van der Waals surface area contributed by atoms with E-state index in [1.165, 1.54) is 22.4 Å². The van der Waals surface area contributed by atoms with Gasteiger partial charge in [0.15, 0.2) is 12.4 Å². The van der Waals surface area contributed by atoms with Crippen LogP contribution in [0.3, 0.4) is 0 Å². The molecule has 0 fully saturated rings. The lowest BCUT2D eigenvalue weighted by molar-refractivity contribution is -0.596. The average Bonchev–Trinajstić information content (AvgIpc) is 2.79. The van der Waals surface area contributed by atoms with Crippen molar-refractivity contribution in [2.24, 2.45) is 0 Å². The van der Waals surface area contributed by atoms with Crippen LogP contribution in [0.4, 0.5) is 5.69 Å². The fourth-order valence-electron chi connectivity index (χ4n) is 3.82. The summed E-state index contributed by atoms with van der Waals surface area (Å²) in [6, 6.07) is 22.7. The first-order valence-electron chi connectivity index (χ1n) is 10.2. The Labute approximate surface area is 178 Å². The Balaban J connectivity index is 1.55. The highest BCUT2D eigenvalue weighted by Gasteiger charge is 2.21. The Morgan fingerprint density at radius 2 is 1.63 bits per heavy atom. The number of allylic oxidation sites excluding steroid dienone is 2. The Kier molecular flexibility index (Phi) is 5.25. The molecule has 0 saturated heterocycles. The van der Waals surface area contributed by atoms with Gasteiger partial charge in [0.1, 0.15) is 11.6 Å². The minimum atomic E-state index is 0.0984. The van der Waals surface area contributed by atoms with E-state index < -0.39 is 0 Å². The lowest BCUT2D eigenvalue weighted by Gasteiger charge is -2.30. The van der Waals surface area contributed by atoms with Gasteiger partial charge in [-0.15, -0.1) is 0 Å². The largest absolute Gasteiger partial charge is 0.344 e. The monoisotopic (exact) mass is 392 g/mol. The molecule has 1 aromatic heterocycles. The third-order valence-electron chi connectivity index (χ3n) is 5.43. The van der Waals surface area contributed by atoms with Crippen LogP contribution >= 0.6 is 0 Å². The summed E-state index contributed by atoms with van der Waals surface area (Å²) in [7, 11) is 0. The smallest absolute Gasteiger partial charge is 0.228 e. The highest BCUT2D eigenvalue weighted by Crippen LogP contribution is 2.33. The highest BCUT2D eigenvalue weighted by molar-refractivity contribution is 5.77. The number of hydrogen-bond acceptors (Lipinski definition) is 2. The van der Waals surface area contributed by atoms with Crippen LogP contribution in [-0.2, 0) is 5.41 Å². The normalized spacial score (nSPS) is 13.7. The summed E-state index contributed by atoms with van der Waals surface area (Å²) >= 11 is 0. The molecule has 2 heterocycles. The Hall–Kier alpha value is -3.64. The van der Waals surface area contributed by atoms with E-state index >= 15 is 0 Å². The van der Waals surface area contributed by atoms with Crippen molar-refractivity contribution in [3.63, 3.8) is 0 Å². The van der Waals surface area contributed by atoms with Crippen molar-refractivity contribution < 1.29 is 4.57 Å². The number of hydrogen-bond donors (Lipinski definition) is 0. The van der Waals surface area contributed by atoms with Gasteiger partial charge in [0, 0.05) is 36.6 Å². The summed E-state index contributed by atoms with van der Waals surface area (Å²) in [6.45, 7) is 7.60.